The smallest absolute Gasteiger partial charge is 0.344 e. The van der Waals surface area contributed by atoms with Gasteiger partial charge < -0.3 is 20.3 Å². The van der Waals surface area contributed by atoms with Crippen LogP contribution in [0.3, 0.4) is 0 Å². The third-order valence-corrected chi connectivity index (χ3v) is 5.18. The van der Waals surface area contributed by atoms with Crippen LogP contribution in [-0.4, -0.2) is 61.5 Å². The Bertz CT molecular complexity index is 695. The first-order chi connectivity index (χ1) is 13.0. The summed E-state index contributed by atoms with van der Waals surface area (Å²) < 4.78 is 5.34. The van der Waals surface area contributed by atoms with E-state index in [2.05, 4.69) is 16.1 Å². The molecule has 2 aliphatic heterocycles. The maximum Gasteiger partial charge on any atom is 0.344 e. The lowest BCUT2D eigenvalue weighted by atomic mass is 9.92. The van der Waals surface area contributed by atoms with Crippen LogP contribution >= 0.6 is 12.2 Å². The first kappa shape index (κ1) is 19.5. The number of morpholine rings is 1. The van der Waals surface area contributed by atoms with Crippen LogP contribution in [0.2, 0.25) is 0 Å². The van der Waals surface area contributed by atoms with Crippen LogP contribution < -0.4 is 21.0 Å². The van der Waals surface area contributed by atoms with Gasteiger partial charge in [0.25, 0.3) is 5.91 Å². The van der Waals surface area contributed by atoms with Crippen molar-refractivity contribution in [1.82, 2.24) is 21.1 Å². The number of urea groups is 1. The van der Waals surface area contributed by atoms with Crippen LogP contribution in [0.4, 0.5) is 4.79 Å². The van der Waals surface area contributed by atoms with Gasteiger partial charge in [0.15, 0.2) is 5.11 Å². The van der Waals surface area contributed by atoms with E-state index in [0.717, 1.165) is 49.8 Å². The van der Waals surface area contributed by atoms with Crippen molar-refractivity contribution >= 4 is 29.3 Å². The van der Waals surface area contributed by atoms with Gasteiger partial charge in [0.2, 0.25) is 0 Å². The molecule has 3 rings (SSSR count). The third kappa shape index (κ3) is 4.55. The third-order valence-electron chi connectivity index (χ3n) is 4.95. The first-order valence-corrected chi connectivity index (χ1v) is 9.59. The Hall–Kier alpha value is -2.23. The largest absolute Gasteiger partial charge is 0.370 e. The van der Waals surface area contributed by atoms with Gasteiger partial charge in [-0.3, -0.25) is 10.2 Å². The second-order valence-electron chi connectivity index (χ2n) is 6.90. The Morgan fingerprint density at radius 3 is 2.70 bits per heavy atom. The van der Waals surface area contributed by atoms with Crippen molar-refractivity contribution in [2.75, 3.05) is 39.4 Å². The Labute approximate surface area is 164 Å². The van der Waals surface area contributed by atoms with E-state index in [-0.39, 0.29) is 11.0 Å². The van der Waals surface area contributed by atoms with Gasteiger partial charge in [0.05, 0.1) is 19.8 Å². The molecule has 9 heteroatoms. The Kier molecular flexibility index (Phi) is 6.25. The van der Waals surface area contributed by atoms with Gasteiger partial charge >= 0.3 is 6.03 Å². The van der Waals surface area contributed by atoms with Crippen LogP contribution in [-0.2, 0) is 15.1 Å². The van der Waals surface area contributed by atoms with Gasteiger partial charge in [-0.25, -0.2) is 4.79 Å². The van der Waals surface area contributed by atoms with Crippen molar-refractivity contribution < 1.29 is 19.2 Å². The lowest BCUT2D eigenvalue weighted by molar-refractivity contribution is -0.908. The first-order valence-electron chi connectivity index (χ1n) is 9.19. The van der Waals surface area contributed by atoms with Gasteiger partial charge in [0, 0.05) is 13.0 Å². The lowest BCUT2D eigenvalue weighted by Gasteiger charge is -2.24. The van der Waals surface area contributed by atoms with Crippen LogP contribution in [0, 0.1) is 0 Å². The zero-order chi connectivity index (χ0) is 19.3. The molecule has 0 spiro atoms. The molecule has 2 heterocycles. The molecule has 146 valence electrons. The summed E-state index contributed by atoms with van der Waals surface area (Å²) in [7, 11) is 0. The Balaban J connectivity index is 1.47. The fourth-order valence-corrected chi connectivity index (χ4v) is 3.49. The number of nitrogens with one attached hydrogen (secondary N) is 4. The fourth-order valence-electron chi connectivity index (χ4n) is 3.30. The number of nitrogens with zero attached hydrogens (tertiary/aromatic N) is 1. The number of hydrogen-bond donors (Lipinski definition) is 4. The molecule has 0 bridgehead atoms. The van der Waals surface area contributed by atoms with Crippen molar-refractivity contribution in [1.29, 1.82) is 0 Å². The van der Waals surface area contributed by atoms with Gasteiger partial charge in [-0.1, -0.05) is 30.3 Å². The summed E-state index contributed by atoms with van der Waals surface area (Å²) in [6, 6.07) is 8.63. The highest BCUT2D eigenvalue weighted by molar-refractivity contribution is 7.80. The number of rotatable bonds is 6. The van der Waals surface area contributed by atoms with Crippen molar-refractivity contribution in [3.63, 3.8) is 0 Å². The van der Waals surface area contributed by atoms with Gasteiger partial charge in [0.1, 0.15) is 18.6 Å². The molecule has 0 radical (unpaired) electrons. The maximum absolute atomic E-state index is 12.8. The summed E-state index contributed by atoms with van der Waals surface area (Å²) in [4.78, 5) is 26.6. The molecular weight excluding hydrogens is 366 g/mol. The number of amides is 3. The van der Waals surface area contributed by atoms with Gasteiger partial charge in [-0.05, 0) is 24.7 Å². The molecule has 0 aromatic heterocycles. The minimum Gasteiger partial charge on any atom is -0.370 e. The van der Waals surface area contributed by atoms with Crippen molar-refractivity contribution in [3.8, 4) is 0 Å². The molecule has 2 fully saturated rings. The number of quaternary nitrogens is 1. The van der Waals surface area contributed by atoms with E-state index in [1.165, 1.54) is 4.90 Å². The minimum atomic E-state index is -1.11. The van der Waals surface area contributed by atoms with E-state index in [4.69, 9.17) is 17.0 Å². The average Bonchev–Trinajstić information content (AvgIpc) is 2.91. The average molecular weight is 393 g/mol. The quantitative estimate of drug-likeness (QED) is 0.286. The van der Waals surface area contributed by atoms with Crippen LogP contribution in [0.1, 0.15) is 18.9 Å². The summed E-state index contributed by atoms with van der Waals surface area (Å²) in [6.07, 6.45) is 0.943. The summed E-state index contributed by atoms with van der Waals surface area (Å²) in [6.45, 7) is 7.09. The highest BCUT2D eigenvalue weighted by Gasteiger charge is 2.49. The minimum absolute atomic E-state index is 0.257. The molecule has 8 nitrogen and oxygen atoms in total. The van der Waals surface area contributed by atoms with E-state index < -0.39 is 11.6 Å². The van der Waals surface area contributed by atoms with E-state index in [0.29, 0.717) is 6.54 Å². The van der Waals surface area contributed by atoms with Gasteiger partial charge in [-0.2, -0.15) is 5.01 Å². The monoisotopic (exact) mass is 392 g/mol. The van der Waals surface area contributed by atoms with E-state index in [1.807, 2.05) is 30.3 Å². The molecule has 3 amide bonds. The molecule has 4 N–H and O–H groups in total. The zero-order valence-electron chi connectivity index (χ0n) is 15.4. The molecule has 0 aliphatic carbocycles. The normalized spacial score (nSPS) is 23.2. The Morgan fingerprint density at radius 1 is 1.30 bits per heavy atom. The number of ether oxygens (including phenoxy) is 1. The maximum atomic E-state index is 12.8. The number of benzene rings is 1. The predicted octanol–water partition coefficient (Wildman–Crippen LogP) is -0.862. The molecule has 0 unspecified atom stereocenters. The molecule has 1 aromatic rings. The predicted molar refractivity (Wildman–Crippen MR) is 104 cm³/mol. The van der Waals surface area contributed by atoms with Crippen molar-refractivity contribution in [3.05, 3.63) is 35.9 Å². The molecule has 2 aliphatic rings. The number of hydrogen-bond acceptors (Lipinski definition) is 4. The highest BCUT2D eigenvalue weighted by atomic mass is 32.1. The molecule has 1 atom stereocenters. The summed E-state index contributed by atoms with van der Waals surface area (Å²) in [5.74, 6) is -0.388. The second kappa shape index (κ2) is 8.64. The van der Waals surface area contributed by atoms with E-state index >= 15 is 0 Å². The molecule has 1 aromatic carbocycles. The van der Waals surface area contributed by atoms with Crippen LogP contribution in [0.5, 0.6) is 0 Å². The summed E-state index contributed by atoms with van der Waals surface area (Å²) in [5, 5.41) is 6.99. The van der Waals surface area contributed by atoms with E-state index in [1.54, 1.807) is 6.92 Å². The standard InChI is InChI=1S/C18H25N5O3S/c1-18(14-6-3-2-4-7-14)15(24)23(17(25)20-18)21-16(27)19-8-5-9-22-10-12-26-13-11-22/h2-4,6-7H,5,8-13H2,1H3,(H,20,25)(H2,19,21,27)/p+1/t18-/m0/s1. The van der Waals surface area contributed by atoms with Gasteiger partial charge in [-0.15, -0.1) is 0 Å². The topological polar surface area (TPSA) is 87.1 Å². The van der Waals surface area contributed by atoms with Crippen LogP contribution in [0.15, 0.2) is 30.3 Å². The highest BCUT2D eigenvalue weighted by Crippen LogP contribution is 2.27. The molecule has 0 saturated carbocycles. The van der Waals surface area contributed by atoms with Crippen molar-refractivity contribution in [2.45, 2.75) is 18.9 Å². The summed E-state index contributed by atoms with van der Waals surface area (Å²) in [5.41, 5.74) is 2.32. The number of carbonyl (C=O) groups excluding carboxylic acids is 2. The Morgan fingerprint density at radius 2 is 2.00 bits per heavy atom. The SMILES string of the molecule is C[C@@]1(c2ccccc2)NC(=O)N(NC(=S)NCCC[NH+]2CCOCC2)C1=O. The molecule has 27 heavy (non-hydrogen) atoms. The number of thiocarbonyl (C=S) groups is 1. The number of imide groups is 1. The van der Waals surface area contributed by atoms with E-state index in [9.17, 15) is 9.59 Å². The zero-order valence-corrected chi connectivity index (χ0v) is 16.2. The molecular formula is C18H26N5O3S+. The number of carbonyl (C=O) groups is 2. The fraction of sp³-hybridized carbons (Fsp3) is 0.500. The van der Waals surface area contributed by atoms with Crippen LogP contribution in [0.25, 0.3) is 0 Å². The summed E-state index contributed by atoms with van der Waals surface area (Å²) >= 11 is 5.24. The second-order valence-corrected chi connectivity index (χ2v) is 7.30. The van der Waals surface area contributed by atoms with Crippen molar-refractivity contribution in [2.24, 2.45) is 0 Å². The number of hydrazine groups is 1. The molecule has 2 saturated heterocycles. The lowest BCUT2D eigenvalue weighted by Crippen LogP contribution is -3.14.